The molecular formula is C28H35N5O5. The molecule has 3 rings (SSSR count). The third-order valence-electron chi connectivity index (χ3n) is 6.12. The van der Waals surface area contributed by atoms with Gasteiger partial charge >= 0.3 is 0 Å². The molecule has 0 radical (unpaired) electrons. The molecule has 0 fully saturated rings. The number of benzene rings is 1. The third kappa shape index (κ3) is 6.05. The van der Waals surface area contributed by atoms with Gasteiger partial charge in [0.15, 0.2) is 28.7 Å². The van der Waals surface area contributed by atoms with Gasteiger partial charge in [-0.05, 0) is 37.0 Å². The smallest absolute Gasteiger partial charge is 0.273 e. The van der Waals surface area contributed by atoms with Gasteiger partial charge in [0, 0.05) is 36.7 Å². The molecule has 0 saturated heterocycles. The SMILES string of the molecule is CCOc1cc2c(nc1C(=O)NC)C(=N)N(CC(=O)c1cc(OCCCC#N)c(OC)c(C(C)(C)C)c1)C2. The summed E-state index contributed by atoms with van der Waals surface area (Å²) in [6.45, 7) is 8.80. The highest BCUT2D eigenvalue weighted by Gasteiger charge is 2.32. The van der Waals surface area contributed by atoms with E-state index in [1.54, 1.807) is 24.1 Å². The zero-order chi connectivity index (χ0) is 28.0. The van der Waals surface area contributed by atoms with E-state index in [1.807, 2.05) is 33.8 Å². The molecule has 202 valence electrons. The number of nitriles is 1. The van der Waals surface area contributed by atoms with Crippen LogP contribution in [-0.4, -0.2) is 61.3 Å². The number of fused-ring (bicyclic) bond motifs is 1. The summed E-state index contributed by atoms with van der Waals surface area (Å²) in [7, 11) is 3.07. The number of hydrogen-bond acceptors (Lipinski definition) is 8. The Bertz CT molecular complexity index is 1280. The fourth-order valence-corrected chi connectivity index (χ4v) is 4.21. The maximum atomic E-state index is 13.5. The number of rotatable bonds is 11. The predicted molar refractivity (Wildman–Crippen MR) is 142 cm³/mol. The van der Waals surface area contributed by atoms with E-state index in [-0.39, 0.29) is 29.3 Å². The molecular weight excluding hydrogens is 486 g/mol. The van der Waals surface area contributed by atoms with Gasteiger partial charge in [-0.2, -0.15) is 5.26 Å². The lowest BCUT2D eigenvalue weighted by molar-refractivity contribution is 0.0949. The van der Waals surface area contributed by atoms with Crippen LogP contribution < -0.4 is 19.5 Å². The second-order valence-electron chi connectivity index (χ2n) is 9.90. The predicted octanol–water partition coefficient (Wildman–Crippen LogP) is 3.85. The van der Waals surface area contributed by atoms with Crippen LogP contribution in [0.3, 0.4) is 0 Å². The van der Waals surface area contributed by atoms with Gasteiger partial charge < -0.3 is 24.4 Å². The monoisotopic (exact) mass is 521 g/mol. The highest BCUT2D eigenvalue weighted by Crippen LogP contribution is 2.40. The summed E-state index contributed by atoms with van der Waals surface area (Å²) in [6, 6.07) is 7.28. The van der Waals surface area contributed by atoms with E-state index in [1.165, 1.54) is 7.05 Å². The number of nitrogens with zero attached hydrogens (tertiary/aromatic N) is 3. The van der Waals surface area contributed by atoms with E-state index >= 15 is 0 Å². The molecule has 38 heavy (non-hydrogen) atoms. The first-order valence-electron chi connectivity index (χ1n) is 12.5. The number of Topliss-reactive ketones (excluding diaryl/α,β-unsaturated/α-hetero) is 1. The molecule has 1 aliphatic rings. The van der Waals surface area contributed by atoms with E-state index < -0.39 is 5.91 Å². The number of pyridine rings is 1. The molecule has 1 aromatic heterocycles. The van der Waals surface area contributed by atoms with Crippen molar-refractivity contribution in [3.63, 3.8) is 0 Å². The Labute approximate surface area is 223 Å². The average Bonchev–Trinajstić information content (AvgIpc) is 3.18. The summed E-state index contributed by atoms with van der Waals surface area (Å²) in [5.74, 6) is 0.803. The summed E-state index contributed by atoms with van der Waals surface area (Å²) in [5.41, 5.74) is 2.09. The van der Waals surface area contributed by atoms with Crippen LogP contribution in [0, 0.1) is 16.7 Å². The quantitative estimate of drug-likeness (QED) is 0.336. The lowest BCUT2D eigenvalue weighted by Gasteiger charge is -2.25. The van der Waals surface area contributed by atoms with Crippen molar-refractivity contribution < 1.29 is 23.8 Å². The maximum absolute atomic E-state index is 13.5. The molecule has 2 aromatic rings. The summed E-state index contributed by atoms with van der Waals surface area (Å²) in [6.07, 6.45) is 0.923. The van der Waals surface area contributed by atoms with Crippen LogP contribution in [0.1, 0.15) is 78.2 Å². The number of amides is 1. The Hall–Kier alpha value is -4.13. The van der Waals surface area contributed by atoms with Crippen molar-refractivity contribution in [2.75, 3.05) is 33.9 Å². The van der Waals surface area contributed by atoms with Crippen LogP contribution in [0.4, 0.5) is 0 Å². The molecule has 0 saturated carbocycles. The lowest BCUT2D eigenvalue weighted by atomic mass is 9.84. The number of carbonyl (C=O) groups is 2. The van der Waals surface area contributed by atoms with Crippen molar-refractivity contribution in [1.82, 2.24) is 15.2 Å². The maximum Gasteiger partial charge on any atom is 0.273 e. The van der Waals surface area contributed by atoms with Crippen LogP contribution in [-0.2, 0) is 12.0 Å². The lowest BCUT2D eigenvalue weighted by Crippen LogP contribution is -2.31. The van der Waals surface area contributed by atoms with Crippen molar-refractivity contribution >= 4 is 17.5 Å². The number of hydrogen-bond donors (Lipinski definition) is 2. The highest BCUT2D eigenvalue weighted by molar-refractivity contribution is 6.05. The number of carbonyl (C=O) groups excluding carboxylic acids is 2. The van der Waals surface area contributed by atoms with Gasteiger partial charge in [0.1, 0.15) is 11.5 Å². The second kappa shape index (κ2) is 11.9. The van der Waals surface area contributed by atoms with Crippen LogP contribution in [0.5, 0.6) is 17.2 Å². The van der Waals surface area contributed by atoms with E-state index in [0.717, 1.165) is 5.56 Å². The largest absolute Gasteiger partial charge is 0.493 e. The molecule has 10 nitrogen and oxygen atoms in total. The minimum atomic E-state index is -0.409. The first-order chi connectivity index (χ1) is 18.0. The number of ether oxygens (including phenoxy) is 3. The Kier molecular flexibility index (Phi) is 8.94. The van der Waals surface area contributed by atoms with Crippen LogP contribution in [0.15, 0.2) is 18.2 Å². The molecule has 0 bridgehead atoms. The van der Waals surface area contributed by atoms with Gasteiger partial charge in [0.05, 0.1) is 32.9 Å². The number of ketones is 1. The van der Waals surface area contributed by atoms with Gasteiger partial charge in [0.2, 0.25) is 0 Å². The molecule has 1 amide bonds. The Morgan fingerprint density at radius 1 is 1.21 bits per heavy atom. The summed E-state index contributed by atoms with van der Waals surface area (Å²) < 4.78 is 17.2. The van der Waals surface area contributed by atoms with E-state index in [2.05, 4.69) is 16.4 Å². The minimum Gasteiger partial charge on any atom is -0.493 e. The molecule has 1 aliphatic heterocycles. The van der Waals surface area contributed by atoms with E-state index in [4.69, 9.17) is 24.9 Å². The van der Waals surface area contributed by atoms with E-state index in [9.17, 15) is 9.59 Å². The zero-order valence-corrected chi connectivity index (χ0v) is 22.9. The molecule has 1 aromatic carbocycles. The normalized spacial score (nSPS) is 12.6. The van der Waals surface area contributed by atoms with Gasteiger partial charge in [-0.25, -0.2) is 4.98 Å². The van der Waals surface area contributed by atoms with Crippen LogP contribution in [0.25, 0.3) is 0 Å². The van der Waals surface area contributed by atoms with Gasteiger partial charge in [-0.3, -0.25) is 15.0 Å². The molecule has 2 heterocycles. The molecule has 0 unspecified atom stereocenters. The Morgan fingerprint density at radius 2 is 1.95 bits per heavy atom. The fourth-order valence-electron chi connectivity index (χ4n) is 4.21. The Balaban J connectivity index is 1.91. The van der Waals surface area contributed by atoms with Crippen molar-refractivity contribution in [2.24, 2.45) is 0 Å². The summed E-state index contributed by atoms with van der Waals surface area (Å²) in [4.78, 5) is 31.9. The average molecular weight is 522 g/mol. The number of nitrogens with one attached hydrogen (secondary N) is 2. The zero-order valence-electron chi connectivity index (χ0n) is 22.9. The minimum absolute atomic E-state index is 0.0573. The topological polar surface area (TPSA) is 138 Å². The Morgan fingerprint density at radius 3 is 2.55 bits per heavy atom. The molecule has 10 heteroatoms. The van der Waals surface area contributed by atoms with Crippen molar-refractivity contribution in [2.45, 2.75) is 52.5 Å². The van der Waals surface area contributed by atoms with Crippen LogP contribution >= 0.6 is 0 Å². The molecule has 0 atom stereocenters. The number of methoxy groups -OCH3 is 1. The number of aromatic nitrogens is 1. The number of amidine groups is 1. The first-order valence-corrected chi connectivity index (χ1v) is 12.5. The van der Waals surface area contributed by atoms with Gasteiger partial charge in [-0.15, -0.1) is 0 Å². The molecule has 0 spiro atoms. The molecule has 0 aliphatic carbocycles. The number of unbranched alkanes of at least 4 members (excludes halogenated alkanes) is 1. The first kappa shape index (κ1) is 28.4. The van der Waals surface area contributed by atoms with Crippen LogP contribution in [0.2, 0.25) is 0 Å². The third-order valence-corrected chi connectivity index (χ3v) is 6.12. The van der Waals surface area contributed by atoms with Crippen molar-refractivity contribution in [1.29, 1.82) is 10.7 Å². The highest BCUT2D eigenvalue weighted by atomic mass is 16.5. The van der Waals surface area contributed by atoms with E-state index in [0.29, 0.717) is 66.7 Å². The standard InChI is InChI=1S/C28H35N5O5/c1-7-37-21-14-18-15-33(26(30)23(18)32-24(21)27(35)31-5)16-20(34)17-12-19(28(2,3)4)25(36-6)22(13-17)38-11-9-8-10-29/h12-14,30H,7-9,11,15-16H2,1-6H3,(H,31,35). The van der Waals surface area contributed by atoms with Crippen molar-refractivity contribution in [3.8, 4) is 23.3 Å². The van der Waals surface area contributed by atoms with Gasteiger partial charge in [0.25, 0.3) is 5.91 Å². The van der Waals surface area contributed by atoms with Gasteiger partial charge in [-0.1, -0.05) is 20.8 Å². The summed E-state index contributed by atoms with van der Waals surface area (Å²) >= 11 is 0. The fraction of sp³-hybridized carbons (Fsp3) is 0.464. The summed E-state index contributed by atoms with van der Waals surface area (Å²) in [5, 5.41) is 20.0. The molecule has 2 N–H and O–H groups in total. The van der Waals surface area contributed by atoms with Crippen molar-refractivity contribution in [3.05, 3.63) is 46.3 Å². The second-order valence-corrected chi connectivity index (χ2v) is 9.90.